The summed E-state index contributed by atoms with van der Waals surface area (Å²) in [6, 6.07) is 9.05. The molecule has 0 radical (unpaired) electrons. The van der Waals surface area contributed by atoms with Crippen LogP contribution in [0.4, 0.5) is 0 Å². The number of benzene rings is 1. The van der Waals surface area contributed by atoms with Crippen molar-refractivity contribution in [2.45, 2.75) is 33.4 Å². The number of hydrogen-bond donors (Lipinski definition) is 2. The molecule has 3 heteroatoms. The van der Waals surface area contributed by atoms with Gasteiger partial charge in [-0.15, -0.1) is 0 Å². The van der Waals surface area contributed by atoms with Crippen LogP contribution in [0, 0.1) is 5.92 Å². The molecular formula is C16H24N2O. The van der Waals surface area contributed by atoms with E-state index in [0.717, 1.165) is 19.8 Å². The lowest BCUT2D eigenvalue weighted by Crippen LogP contribution is -2.37. The third-order valence-corrected chi connectivity index (χ3v) is 3.49. The van der Waals surface area contributed by atoms with Crippen molar-refractivity contribution in [2.24, 2.45) is 5.92 Å². The summed E-state index contributed by atoms with van der Waals surface area (Å²) in [5.41, 5.74) is 2.50. The molecule has 0 saturated carbocycles. The second-order valence-electron chi connectivity index (χ2n) is 5.29. The summed E-state index contributed by atoms with van der Waals surface area (Å²) >= 11 is 0. The van der Waals surface area contributed by atoms with Crippen molar-refractivity contribution >= 4 is 10.9 Å². The fourth-order valence-electron chi connectivity index (χ4n) is 2.19. The molecule has 2 rings (SSSR count). The SMILES string of the molecule is CCOCC(NCc1ccc2cc[nH]c2c1)C(C)C. The Balaban J connectivity index is 1.95. The molecular weight excluding hydrogens is 236 g/mol. The Hall–Kier alpha value is -1.32. The maximum absolute atomic E-state index is 5.53. The van der Waals surface area contributed by atoms with E-state index in [1.54, 1.807) is 0 Å². The molecule has 104 valence electrons. The number of ether oxygens (including phenoxy) is 1. The van der Waals surface area contributed by atoms with E-state index in [1.165, 1.54) is 16.5 Å². The van der Waals surface area contributed by atoms with E-state index >= 15 is 0 Å². The lowest BCUT2D eigenvalue weighted by molar-refractivity contribution is 0.108. The van der Waals surface area contributed by atoms with Gasteiger partial charge in [0, 0.05) is 30.9 Å². The molecule has 2 N–H and O–H groups in total. The van der Waals surface area contributed by atoms with Crippen LogP contribution in [0.25, 0.3) is 10.9 Å². The maximum atomic E-state index is 5.53. The van der Waals surface area contributed by atoms with Gasteiger partial charge in [-0.3, -0.25) is 0 Å². The predicted octanol–water partition coefficient (Wildman–Crippen LogP) is 3.32. The Morgan fingerprint density at radius 2 is 2.11 bits per heavy atom. The summed E-state index contributed by atoms with van der Waals surface area (Å²) in [6.07, 6.45) is 1.98. The molecule has 1 aromatic carbocycles. The third kappa shape index (κ3) is 3.82. The van der Waals surface area contributed by atoms with Crippen LogP contribution in [0.1, 0.15) is 26.3 Å². The number of nitrogens with one attached hydrogen (secondary N) is 2. The Morgan fingerprint density at radius 3 is 2.84 bits per heavy atom. The van der Waals surface area contributed by atoms with E-state index in [2.05, 4.69) is 48.4 Å². The molecule has 2 aromatic rings. The van der Waals surface area contributed by atoms with Crippen molar-refractivity contribution in [1.82, 2.24) is 10.3 Å². The zero-order chi connectivity index (χ0) is 13.7. The molecule has 0 bridgehead atoms. The summed E-state index contributed by atoms with van der Waals surface area (Å²) in [6.45, 7) is 8.93. The van der Waals surface area contributed by atoms with Crippen LogP contribution in [0.15, 0.2) is 30.5 Å². The van der Waals surface area contributed by atoms with Crippen LogP contribution >= 0.6 is 0 Å². The highest BCUT2D eigenvalue weighted by Gasteiger charge is 2.12. The van der Waals surface area contributed by atoms with Gasteiger partial charge in [-0.2, -0.15) is 0 Å². The first-order chi connectivity index (χ1) is 9.20. The number of fused-ring (bicyclic) bond motifs is 1. The van der Waals surface area contributed by atoms with Crippen LogP contribution < -0.4 is 5.32 Å². The van der Waals surface area contributed by atoms with Gasteiger partial charge in [0.2, 0.25) is 0 Å². The fourth-order valence-corrected chi connectivity index (χ4v) is 2.19. The Labute approximate surface area is 115 Å². The molecule has 1 heterocycles. The largest absolute Gasteiger partial charge is 0.380 e. The van der Waals surface area contributed by atoms with Crippen molar-refractivity contribution in [2.75, 3.05) is 13.2 Å². The van der Waals surface area contributed by atoms with Gasteiger partial charge < -0.3 is 15.0 Å². The number of hydrogen-bond acceptors (Lipinski definition) is 2. The van der Waals surface area contributed by atoms with Gasteiger partial charge in [0.25, 0.3) is 0 Å². The highest BCUT2D eigenvalue weighted by molar-refractivity contribution is 5.79. The van der Waals surface area contributed by atoms with Crippen LogP contribution in [0.2, 0.25) is 0 Å². The lowest BCUT2D eigenvalue weighted by atomic mass is 10.0. The van der Waals surface area contributed by atoms with Gasteiger partial charge in [-0.1, -0.05) is 26.0 Å². The van der Waals surface area contributed by atoms with Gasteiger partial charge in [-0.05, 0) is 35.9 Å². The van der Waals surface area contributed by atoms with Crippen LogP contribution in [-0.4, -0.2) is 24.2 Å². The van der Waals surface area contributed by atoms with Crippen LogP contribution in [0.3, 0.4) is 0 Å². The standard InChI is InChI=1S/C16H24N2O/c1-4-19-11-16(12(2)3)18-10-13-5-6-14-7-8-17-15(14)9-13/h5-9,12,16-18H,4,10-11H2,1-3H3. The minimum Gasteiger partial charge on any atom is -0.380 e. The quantitative estimate of drug-likeness (QED) is 0.801. The summed E-state index contributed by atoms with van der Waals surface area (Å²) in [5.74, 6) is 0.570. The third-order valence-electron chi connectivity index (χ3n) is 3.49. The molecule has 0 aliphatic rings. The Kier molecular flexibility index (Phi) is 5.00. The highest BCUT2D eigenvalue weighted by Crippen LogP contribution is 2.14. The molecule has 0 spiro atoms. The van der Waals surface area contributed by atoms with Gasteiger partial charge >= 0.3 is 0 Å². The average molecular weight is 260 g/mol. The zero-order valence-corrected chi connectivity index (χ0v) is 12.1. The first kappa shape index (κ1) is 14.1. The monoisotopic (exact) mass is 260 g/mol. The molecule has 1 unspecified atom stereocenters. The topological polar surface area (TPSA) is 37.0 Å². The van der Waals surface area contributed by atoms with Gasteiger partial charge in [0.15, 0.2) is 0 Å². The van der Waals surface area contributed by atoms with E-state index in [1.807, 2.05) is 13.1 Å². The molecule has 0 aliphatic heterocycles. The van der Waals surface area contributed by atoms with Crippen molar-refractivity contribution in [3.63, 3.8) is 0 Å². The molecule has 1 atom stereocenters. The van der Waals surface area contributed by atoms with Gasteiger partial charge in [0.05, 0.1) is 6.61 Å². The van der Waals surface area contributed by atoms with E-state index in [0.29, 0.717) is 12.0 Å². The second kappa shape index (κ2) is 6.73. The van der Waals surface area contributed by atoms with Crippen molar-refractivity contribution < 1.29 is 4.74 Å². The highest BCUT2D eigenvalue weighted by atomic mass is 16.5. The van der Waals surface area contributed by atoms with Crippen molar-refractivity contribution in [3.8, 4) is 0 Å². The van der Waals surface area contributed by atoms with Gasteiger partial charge in [0.1, 0.15) is 0 Å². The normalized spacial score (nSPS) is 13.3. The van der Waals surface area contributed by atoms with Crippen molar-refractivity contribution in [3.05, 3.63) is 36.0 Å². The number of aromatic amines is 1. The van der Waals surface area contributed by atoms with E-state index in [4.69, 9.17) is 4.74 Å². The minimum atomic E-state index is 0.402. The fraction of sp³-hybridized carbons (Fsp3) is 0.500. The summed E-state index contributed by atoms with van der Waals surface area (Å²) in [7, 11) is 0. The smallest absolute Gasteiger partial charge is 0.0622 e. The van der Waals surface area contributed by atoms with E-state index in [9.17, 15) is 0 Å². The molecule has 0 fully saturated rings. The first-order valence-electron chi connectivity index (χ1n) is 7.08. The van der Waals surface area contributed by atoms with Gasteiger partial charge in [-0.25, -0.2) is 0 Å². The van der Waals surface area contributed by atoms with E-state index < -0.39 is 0 Å². The van der Waals surface area contributed by atoms with Crippen molar-refractivity contribution in [1.29, 1.82) is 0 Å². The molecule has 0 saturated heterocycles. The predicted molar refractivity (Wildman–Crippen MR) is 80.3 cm³/mol. The maximum Gasteiger partial charge on any atom is 0.0622 e. The summed E-state index contributed by atoms with van der Waals surface area (Å²) < 4.78 is 5.53. The Morgan fingerprint density at radius 1 is 1.26 bits per heavy atom. The molecule has 3 nitrogen and oxygen atoms in total. The average Bonchev–Trinajstić information content (AvgIpc) is 2.85. The van der Waals surface area contributed by atoms with Crippen LogP contribution in [-0.2, 0) is 11.3 Å². The molecule has 1 aromatic heterocycles. The molecule has 19 heavy (non-hydrogen) atoms. The zero-order valence-electron chi connectivity index (χ0n) is 12.1. The minimum absolute atomic E-state index is 0.402. The number of aromatic nitrogens is 1. The van der Waals surface area contributed by atoms with Crippen LogP contribution in [0.5, 0.6) is 0 Å². The number of rotatable bonds is 7. The van der Waals surface area contributed by atoms with E-state index in [-0.39, 0.29) is 0 Å². The summed E-state index contributed by atoms with van der Waals surface area (Å²) in [4.78, 5) is 3.25. The first-order valence-corrected chi connectivity index (χ1v) is 7.08. The second-order valence-corrected chi connectivity index (χ2v) is 5.29. The Bertz CT molecular complexity index is 504. The summed E-state index contributed by atoms with van der Waals surface area (Å²) in [5, 5.41) is 4.85. The number of H-pyrrole nitrogens is 1. The molecule has 0 amide bonds. The lowest BCUT2D eigenvalue weighted by Gasteiger charge is -2.22. The molecule has 0 aliphatic carbocycles.